The molecule has 1 aliphatic rings. The summed E-state index contributed by atoms with van der Waals surface area (Å²) in [6.07, 6.45) is 3.94. The molecule has 1 aromatic carbocycles. The zero-order valence-electron chi connectivity index (χ0n) is 18.3. The molecule has 2 aromatic heterocycles. The number of ether oxygens (including phenoxy) is 1. The Morgan fingerprint density at radius 3 is 2.50 bits per heavy atom. The van der Waals surface area contributed by atoms with Crippen LogP contribution in [0.4, 0.5) is 18.9 Å². The highest BCUT2D eigenvalue weighted by molar-refractivity contribution is 5.74. The van der Waals surface area contributed by atoms with Crippen molar-refractivity contribution in [3.05, 3.63) is 77.5 Å². The summed E-state index contributed by atoms with van der Waals surface area (Å²) in [6, 6.07) is 7.10. The highest BCUT2D eigenvalue weighted by Gasteiger charge is 2.30. The first kappa shape index (κ1) is 25.3. The van der Waals surface area contributed by atoms with Crippen LogP contribution >= 0.6 is 0 Å². The molecule has 7 nitrogen and oxygen atoms in total. The van der Waals surface area contributed by atoms with Crippen molar-refractivity contribution in [3.63, 3.8) is 0 Å². The summed E-state index contributed by atoms with van der Waals surface area (Å²) in [4.78, 5) is 18.1. The maximum atomic E-state index is 13.4. The molecule has 3 heterocycles. The number of hydrogen-bond acceptors (Lipinski definition) is 7. The third kappa shape index (κ3) is 5.96. The monoisotopic (exact) mass is 475 g/mol. The Kier molecular flexibility index (Phi) is 8.69. The molecule has 3 N–H and O–H groups in total. The van der Waals surface area contributed by atoms with Gasteiger partial charge in [0.1, 0.15) is 28.8 Å². The first-order valence-corrected chi connectivity index (χ1v) is 10.5. The van der Waals surface area contributed by atoms with Gasteiger partial charge < -0.3 is 20.3 Å². The minimum Gasteiger partial charge on any atom is -0.394 e. The molecular formula is C24H24F3N3O4. The number of hydrogen-bond donors (Lipinski definition) is 3. The van der Waals surface area contributed by atoms with Crippen molar-refractivity contribution in [1.29, 1.82) is 0 Å². The van der Waals surface area contributed by atoms with E-state index < -0.39 is 34.8 Å². The van der Waals surface area contributed by atoms with Gasteiger partial charge in [-0.1, -0.05) is 6.07 Å². The fourth-order valence-electron chi connectivity index (χ4n) is 3.63. The largest absolute Gasteiger partial charge is 0.394 e. The van der Waals surface area contributed by atoms with Gasteiger partial charge in [0.15, 0.2) is 6.29 Å². The number of nitrogens with zero attached hydrogens (tertiary/aromatic N) is 2. The predicted molar refractivity (Wildman–Crippen MR) is 119 cm³/mol. The number of aliphatic hydroxyl groups is 2. The van der Waals surface area contributed by atoms with E-state index in [-0.39, 0.29) is 24.5 Å². The number of nitrogens with one attached hydrogen (secondary N) is 1. The third-order valence-corrected chi connectivity index (χ3v) is 5.24. The fraction of sp³-hybridized carbons (Fsp3) is 0.292. The lowest BCUT2D eigenvalue weighted by Gasteiger charge is -2.33. The van der Waals surface area contributed by atoms with Gasteiger partial charge in [-0.15, -0.1) is 0 Å². The number of aldehydes is 1. The topological polar surface area (TPSA) is 105 Å². The van der Waals surface area contributed by atoms with Gasteiger partial charge in [-0.25, -0.2) is 18.2 Å². The Morgan fingerprint density at radius 1 is 1.12 bits per heavy atom. The second-order valence-corrected chi connectivity index (χ2v) is 7.55. The van der Waals surface area contributed by atoms with Crippen LogP contribution in [0.15, 0.2) is 48.8 Å². The van der Waals surface area contributed by atoms with E-state index in [1.54, 1.807) is 12.4 Å². The number of carbonyl (C=O) groups is 1. The molecule has 0 aliphatic carbocycles. The van der Waals surface area contributed by atoms with Crippen LogP contribution < -0.4 is 5.32 Å². The number of aliphatic hydroxyl groups excluding tert-OH is 2. The van der Waals surface area contributed by atoms with E-state index in [0.29, 0.717) is 19.1 Å². The van der Waals surface area contributed by atoms with E-state index in [1.165, 1.54) is 0 Å². The summed E-state index contributed by atoms with van der Waals surface area (Å²) in [5, 5.41) is 22.0. The van der Waals surface area contributed by atoms with Crippen molar-refractivity contribution in [1.82, 2.24) is 9.97 Å². The Hall–Kier alpha value is -3.34. The lowest BCUT2D eigenvalue weighted by molar-refractivity contribution is -0.113. The Labute approximate surface area is 194 Å². The highest BCUT2D eigenvalue weighted by atomic mass is 19.1. The summed E-state index contributed by atoms with van der Waals surface area (Å²) in [6.45, 7) is -0.0620. The zero-order valence-corrected chi connectivity index (χ0v) is 18.3. The number of anilines is 1. The summed E-state index contributed by atoms with van der Waals surface area (Å²) in [7, 11) is 1.82. The summed E-state index contributed by atoms with van der Waals surface area (Å²) < 4.78 is 46.0. The van der Waals surface area contributed by atoms with Gasteiger partial charge in [-0.2, -0.15) is 0 Å². The van der Waals surface area contributed by atoms with E-state index in [4.69, 9.17) is 9.84 Å². The van der Waals surface area contributed by atoms with Crippen molar-refractivity contribution in [2.24, 2.45) is 0 Å². The van der Waals surface area contributed by atoms with Gasteiger partial charge in [0.05, 0.1) is 42.4 Å². The minimum atomic E-state index is -0.931. The van der Waals surface area contributed by atoms with Crippen molar-refractivity contribution >= 4 is 12.0 Å². The molecule has 0 saturated carbocycles. The van der Waals surface area contributed by atoms with Crippen LogP contribution in [0.25, 0.3) is 11.3 Å². The molecule has 10 heteroatoms. The van der Waals surface area contributed by atoms with E-state index in [2.05, 4.69) is 15.3 Å². The molecule has 0 spiro atoms. The van der Waals surface area contributed by atoms with Crippen LogP contribution in [-0.4, -0.2) is 52.3 Å². The molecule has 1 fully saturated rings. The second kappa shape index (κ2) is 11.7. The molecule has 0 bridgehead atoms. The molecule has 3 atom stereocenters. The van der Waals surface area contributed by atoms with Gasteiger partial charge in [0.25, 0.3) is 0 Å². The average molecular weight is 475 g/mol. The highest BCUT2D eigenvalue weighted by Crippen LogP contribution is 2.34. The normalized spacial score (nSPS) is 19.6. The van der Waals surface area contributed by atoms with Crippen LogP contribution in [0, 0.1) is 17.5 Å². The summed E-state index contributed by atoms with van der Waals surface area (Å²) in [5.41, 5.74) is 0.686. The molecular weight excluding hydrogens is 451 g/mol. The predicted octanol–water partition coefficient (Wildman–Crippen LogP) is 3.68. The number of rotatable bonds is 5. The van der Waals surface area contributed by atoms with Crippen LogP contribution in [0.3, 0.4) is 0 Å². The zero-order chi connectivity index (χ0) is 24.7. The number of pyridine rings is 2. The molecule has 1 aliphatic heterocycles. The Bertz CT molecular complexity index is 1110. The molecule has 2 unspecified atom stereocenters. The standard InChI is InChI=1S/C12H6F3NO.C12H18N2O3/c13-8-2-1-3-9(14)11(8)12-10(15)5-4-7(6-17)16-12;1-13-11-6-14-3-2-10(11)12-5-8(16)4-9(7-15)17-12/h1-6H;2-3,6,8-9,12-13,15-16H,4-5,7H2,1H3/t;8?,9-,12?/m.0/s1. The molecule has 0 radical (unpaired) electrons. The van der Waals surface area contributed by atoms with Crippen LogP contribution in [-0.2, 0) is 4.74 Å². The number of benzene rings is 1. The average Bonchev–Trinajstić information content (AvgIpc) is 2.85. The maximum Gasteiger partial charge on any atom is 0.168 e. The lowest BCUT2D eigenvalue weighted by Crippen LogP contribution is -2.33. The van der Waals surface area contributed by atoms with E-state index in [1.807, 2.05) is 13.1 Å². The molecule has 3 aromatic rings. The summed E-state index contributed by atoms with van der Waals surface area (Å²) in [5.74, 6) is -2.75. The molecule has 180 valence electrons. The van der Waals surface area contributed by atoms with Gasteiger partial charge in [0, 0.05) is 31.6 Å². The Morgan fingerprint density at radius 2 is 1.85 bits per heavy atom. The van der Waals surface area contributed by atoms with Crippen LogP contribution in [0.1, 0.15) is 35.0 Å². The molecule has 0 amide bonds. The van der Waals surface area contributed by atoms with E-state index >= 15 is 0 Å². The van der Waals surface area contributed by atoms with Crippen molar-refractivity contribution < 1.29 is 32.9 Å². The van der Waals surface area contributed by atoms with E-state index in [0.717, 1.165) is 41.6 Å². The van der Waals surface area contributed by atoms with Gasteiger partial charge in [-0.3, -0.25) is 9.78 Å². The smallest absolute Gasteiger partial charge is 0.168 e. The van der Waals surface area contributed by atoms with Crippen molar-refractivity contribution in [2.45, 2.75) is 31.2 Å². The molecule has 4 rings (SSSR count). The van der Waals surface area contributed by atoms with Crippen LogP contribution in [0.5, 0.6) is 0 Å². The third-order valence-electron chi connectivity index (χ3n) is 5.24. The van der Waals surface area contributed by atoms with Gasteiger partial charge in [0.2, 0.25) is 0 Å². The van der Waals surface area contributed by atoms with Crippen LogP contribution in [0.2, 0.25) is 0 Å². The maximum absolute atomic E-state index is 13.4. The molecule has 1 saturated heterocycles. The first-order chi connectivity index (χ1) is 16.4. The van der Waals surface area contributed by atoms with Gasteiger partial charge in [-0.05, 0) is 30.3 Å². The number of halogens is 3. The Balaban J connectivity index is 0.000000191. The van der Waals surface area contributed by atoms with Gasteiger partial charge >= 0.3 is 0 Å². The van der Waals surface area contributed by atoms with E-state index in [9.17, 15) is 23.1 Å². The van der Waals surface area contributed by atoms with Crippen molar-refractivity contribution in [2.75, 3.05) is 19.0 Å². The minimum absolute atomic E-state index is 0.0620. The number of aromatic nitrogens is 2. The number of carbonyl (C=O) groups excluding carboxylic acids is 1. The summed E-state index contributed by atoms with van der Waals surface area (Å²) >= 11 is 0. The lowest BCUT2D eigenvalue weighted by atomic mass is 9.96. The molecule has 34 heavy (non-hydrogen) atoms. The quantitative estimate of drug-likeness (QED) is 0.484. The SMILES string of the molecule is CNc1cnccc1C1CC(O)C[C@@H](CO)O1.O=Cc1ccc(F)c(-c2c(F)cccc2F)n1. The van der Waals surface area contributed by atoms with Crippen molar-refractivity contribution in [3.8, 4) is 11.3 Å². The first-order valence-electron chi connectivity index (χ1n) is 10.5. The fourth-order valence-corrected chi connectivity index (χ4v) is 3.63. The second-order valence-electron chi connectivity index (χ2n) is 7.55.